The summed E-state index contributed by atoms with van der Waals surface area (Å²) in [5, 5.41) is 8.24. The smallest absolute Gasteiger partial charge is 0.128 e. The van der Waals surface area contributed by atoms with Crippen LogP contribution >= 0.6 is 0 Å². The van der Waals surface area contributed by atoms with Gasteiger partial charge < -0.3 is 11.1 Å². The summed E-state index contributed by atoms with van der Waals surface area (Å²) in [6, 6.07) is 8.47. The summed E-state index contributed by atoms with van der Waals surface area (Å²) < 4.78 is 2.14. The number of aryl methyl sites for hydroxylation is 1. The Kier molecular flexibility index (Phi) is 2.93. The minimum absolute atomic E-state index is 0.316. The van der Waals surface area contributed by atoms with Crippen LogP contribution < -0.4 is 11.1 Å². The second kappa shape index (κ2) is 4.61. The van der Waals surface area contributed by atoms with Gasteiger partial charge in [0.2, 0.25) is 0 Å². The molecule has 100 valence electrons. The fraction of sp³-hybridized carbons (Fsp3) is 0.400. The van der Waals surface area contributed by atoms with E-state index in [1.54, 1.807) is 0 Å². The number of nitrogens with one attached hydrogen (secondary N) is 1. The number of rotatable bonds is 2. The number of hydrogen-bond acceptors (Lipinski definition) is 3. The molecule has 1 aliphatic heterocycles. The van der Waals surface area contributed by atoms with E-state index in [9.17, 15) is 0 Å². The highest BCUT2D eigenvalue weighted by Gasteiger charge is 2.25. The van der Waals surface area contributed by atoms with Gasteiger partial charge in [0.25, 0.3) is 0 Å². The lowest BCUT2D eigenvalue weighted by atomic mass is 10.0. The van der Waals surface area contributed by atoms with E-state index in [-0.39, 0.29) is 0 Å². The number of nitrogens with zero attached hydrogens (tertiary/aromatic N) is 2. The molecule has 1 unspecified atom stereocenters. The van der Waals surface area contributed by atoms with E-state index >= 15 is 0 Å². The molecule has 4 heteroatoms. The van der Waals surface area contributed by atoms with Crippen molar-refractivity contribution < 1.29 is 0 Å². The van der Waals surface area contributed by atoms with Crippen molar-refractivity contribution in [3.63, 3.8) is 0 Å². The van der Waals surface area contributed by atoms with Crippen molar-refractivity contribution >= 4 is 11.5 Å². The lowest BCUT2D eigenvalue weighted by Gasteiger charge is -2.26. The number of nitrogens with two attached hydrogens (primary N) is 1. The molecule has 0 bridgehead atoms. The number of aromatic nitrogens is 2. The largest absolute Gasteiger partial charge is 0.399 e. The van der Waals surface area contributed by atoms with Crippen LogP contribution in [-0.4, -0.2) is 16.3 Å². The first-order valence-corrected chi connectivity index (χ1v) is 6.88. The van der Waals surface area contributed by atoms with Crippen molar-refractivity contribution in [1.29, 1.82) is 0 Å². The maximum atomic E-state index is 5.77. The molecule has 2 heterocycles. The molecule has 3 rings (SSSR count). The van der Waals surface area contributed by atoms with Crippen molar-refractivity contribution in [2.75, 3.05) is 17.6 Å². The topological polar surface area (TPSA) is 55.9 Å². The molecule has 4 nitrogen and oxygen atoms in total. The maximum absolute atomic E-state index is 5.77. The van der Waals surface area contributed by atoms with E-state index < -0.39 is 0 Å². The quantitative estimate of drug-likeness (QED) is 0.812. The summed E-state index contributed by atoms with van der Waals surface area (Å²) in [5.41, 5.74) is 10.3. The summed E-state index contributed by atoms with van der Waals surface area (Å²) in [4.78, 5) is 0. The third-order valence-corrected chi connectivity index (χ3v) is 3.91. The van der Waals surface area contributed by atoms with Crippen LogP contribution in [0.4, 0.5) is 11.5 Å². The van der Waals surface area contributed by atoms with Crippen molar-refractivity contribution in [2.24, 2.45) is 0 Å². The number of fused-ring (bicyclic) bond motifs is 1. The standard InChI is InChI=1S/C15H20N4/c1-3-13-10(2)15-17-9-8-14(19(15)18-13)11-4-6-12(16)7-5-11/h4-7,14,17H,3,8-9,16H2,1-2H3. The van der Waals surface area contributed by atoms with E-state index in [0.717, 1.165) is 25.1 Å². The normalized spacial score (nSPS) is 17.9. The van der Waals surface area contributed by atoms with Crippen LogP contribution in [0, 0.1) is 6.92 Å². The molecule has 1 aromatic heterocycles. The van der Waals surface area contributed by atoms with E-state index in [1.807, 2.05) is 12.1 Å². The Morgan fingerprint density at radius 1 is 1.37 bits per heavy atom. The molecule has 3 N–H and O–H groups in total. The number of nitrogen functional groups attached to an aromatic ring is 1. The van der Waals surface area contributed by atoms with Gasteiger partial charge in [-0.25, -0.2) is 4.68 Å². The Labute approximate surface area is 113 Å². The number of hydrogen-bond donors (Lipinski definition) is 2. The fourth-order valence-corrected chi connectivity index (χ4v) is 2.81. The molecule has 0 saturated heterocycles. The highest BCUT2D eigenvalue weighted by atomic mass is 15.4. The third kappa shape index (κ3) is 1.97. The SMILES string of the molecule is CCc1nn2c(c1C)NCCC2c1ccc(N)cc1. The molecule has 0 fully saturated rings. The molecule has 0 saturated carbocycles. The van der Waals surface area contributed by atoms with Gasteiger partial charge in [-0.2, -0.15) is 5.10 Å². The van der Waals surface area contributed by atoms with Gasteiger partial charge in [0.1, 0.15) is 5.82 Å². The van der Waals surface area contributed by atoms with Crippen LogP contribution in [0.2, 0.25) is 0 Å². The minimum Gasteiger partial charge on any atom is -0.399 e. The van der Waals surface area contributed by atoms with E-state index in [0.29, 0.717) is 6.04 Å². The predicted octanol–water partition coefficient (Wildman–Crippen LogP) is 2.74. The third-order valence-electron chi connectivity index (χ3n) is 3.91. The Morgan fingerprint density at radius 2 is 2.11 bits per heavy atom. The van der Waals surface area contributed by atoms with Gasteiger partial charge >= 0.3 is 0 Å². The second-order valence-electron chi connectivity index (χ2n) is 5.12. The minimum atomic E-state index is 0.316. The maximum Gasteiger partial charge on any atom is 0.128 e. The van der Waals surface area contributed by atoms with Crippen LogP contribution in [0.25, 0.3) is 0 Å². The molecule has 0 amide bonds. The molecule has 0 aliphatic carbocycles. The van der Waals surface area contributed by atoms with Gasteiger partial charge in [-0.1, -0.05) is 19.1 Å². The second-order valence-corrected chi connectivity index (χ2v) is 5.12. The Bertz CT molecular complexity index is 583. The Hall–Kier alpha value is -1.97. The lowest BCUT2D eigenvalue weighted by molar-refractivity contribution is 0.478. The molecule has 0 radical (unpaired) electrons. The van der Waals surface area contributed by atoms with Gasteiger partial charge in [0, 0.05) is 17.8 Å². The highest BCUT2D eigenvalue weighted by Crippen LogP contribution is 2.33. The summed E-state index contributed by atoms with van der Waals surface area (Å²) in [5.74, 6) is 1.17. The van der Waals surface area contributed by atoms with Crippen LogP contribution in [0.3, 0.4) is 0 Å². The zero-order valence-corrected chi connectivity index (χ0v) is 11.5. The first kappa shape index (κ1) is 12.1. The Balaban J connectivity index is 2.05. The van der Waals surface area contributed by atoms with Gasteiger partial charge in [0.15, 0.2) is 0 Å². The predicted molar refractivity (Wildman–Crippen MR) is 78.4 cm³/mol. The monoisotopic (exact) mass is 256 g/mol. The van der Waals surface area contributed by atoms with Crippen LogP contribution in [-0.2, 0) is 6.42 Å². The van der Waals surface area contributed by atoms with Gasteiger partial charge in [0.05, 0.1) is 11.7 Å². The van der Waals surface area contributed by atoms with Crippen LogP contribution in [0.1, 0.15) is 36.2 Å². The van der Waals surface area contributed by atoms with Crippen molar-refractivity contribution in [2.45, 2.75) is 32.7 Å². The average molecular weight is 256 g/mol. The van der Waals surface area contributed by atoms with E-state index in [1.165, 1.54) is 22.6 Å². The molecular formula is C15H20N4. The summed E-state index contributed by atoms with van der Waals surface area (Å²) in [6.45, 7) is 5.29. The molecule has 19 heavy (non-hydrogen) atoms. The lowest BCUT2D eigenvalue weighted by Crippen LogP contribution is -2.24. The summed E-state index contributed by atoms with van der Waals surface area (Å²) >= 11 is 0. The molecule has 2 aromatic rings. The number of anilines is 2. The molecule has 1 aliphatic rings. The van der Waals surface area contributed by atoms with E-state index in [4.69, 9.17) is 10.8 Å². The van der Waals surface area contributed by atoms with Crippen LogP contribution in [0.5, 0.6) is 0 Å². The van der Waals surface area contributed by atoms with Crippen molar-refractivity contribution in [3.05, 3.63) is 41.1 Å². The van der Waals surface area contributed by atoms with Crippen LogP contribution in [0.15, 0.2) is 24.3 Å². The number of benzene rings is 1. The molecule has 1 atom stereocenters. The highest BCUT2D eigenvalue weighted by molar-refractivity contribution is 5.50. The first-order chi connectivity index (χ1) is 9.20. The fourth-order valence-electron chi connectivity index (χ4n) is 2.81. The first-order valence-electron chi connectivity index (χ1n) is 6.88. The molecule has 0 spiro atoms. The molecule has 1 aromatic carbocycles. The summed E-state index contributed by atoms with van der Waals surface area (Å²) in [6.07, 6.45) is 2.03. The van der Waals surface area contributed by atoms with Gasteiger partial charge in [-0.05, 0) is 37.5 Å². The average Bonchev–Trinajstić information content (AvgIpc) is 2.77. The zero-order chi connectivity index (χ0) is 13.4. The zero-order valence-electron chi connectivity index (χ0n) is 11.5. The Morgan fingerprint density at radius 3 is 2.79 bits per heavy atom. The van der Waals surface area contributed by atoms with Gasteiger partial charge in [-0.15, -0.1) is 0 Å². The van der Waals surface area contributed by atoms with Crippen molar-refractivity contribution in [1.82, 2.24) is 9.78 Å². The van der Waals surface area contributed by atoms with E-state index in [2.05, 4.69) is 36.0 Å². The van der Waals surface area contributed by atoms with Gasteiger partial charge in [-0.3, -0.25) is 0 Å². The molecular weight excluding hydrogens is 236 g/mol. The van der Waals surface area contributed by atoms with Crippen molar-refractivity contribution in [3.8, 4) is 0 Å². The summed E-state index contributed by atoms with van der Waals surface area (Å²) in [7, 11) is 0.